The Morgan fingerprint density at radius 2 is 2.09 bits per heavy atom. The number of ether oxygens (including phenoxy) is 1. The zero-order valence-electron chi connectivity index (χ0n) is 14.3. The van der Waals surface area contributed by atoms with Crippen LogP contribution in [0.4, 0.5) is 5.69 Å². The van der Waals surface area contributed by atoms with Crippen LogP contribution in [-0.2, 0) is 6.54 Å². The molecule has 1 N–H and O–H groups in total. The first-order valence-corrected chi connectivity index (χ1v) is 8.89. The molecule has 3 nitrogen and oxygen atoms in total. The van der Waals surface area contributed by atoms with Gasteiger partial charge in [-0.2, -0.15) is 0 Å². The Hall–Kier alpha value is -1.22. The summed E-state index contributed by atoms with van der Waals surface area (Å²) in [4.78, 5) is 2.50. The first-order valence-electron chi connectivity index (χ1n) is 8.89. The monoisotopic (exact) mass is 302 g/mol. The molecule has 3 rings (SSSR count). The number of anilines is 1. The Morgan fingerprint density at radius 3 is 2.77 bits per heavy atom. The molecule has 0 bridgehead atoms. The van der Waals surface area contributed by atoms with E-state index in [0.717, 1.165) is 37.3 Å². The van der Waals surface area contributed by atoms with Crippen molar-refractivity contribution in [1.82, 2.24) is 5.32 Å². The number of nitrogens with one attached hydrogen (secondary N) is 1. The van der Waals surface area contributed by atoms with E-state index < -0.39 is 0 Å². The predicted octanol–water partition coefficient (Wildman–Crippen LogP) is 3.96. The fourth-order valence-electron chi connectivity index (χ4n) is 3.24. The van der Waals surface area contributed by atoms with Gasteiger partial charge >= 0.3 is 0 Å². The first kappa shape index (κ1) is 15.7. The molecule has 22 heavy (non-hydrogen) atoms. The maximum Gasteiger partial charge on any atom is 0.143 e. The summed E-state index contributed by atoms with van der Waals surface area (Å²) in [5.41, 5.74) is 2.60. The molecule has 1 heterocycles. The molecule has 0 amide bonds. The van der Waals surface area contributed by atoms with Crippen LogP contribution >= 0.6 is 0 Å². The summed E-state index contributed by atoms with van der Waals surface area (Å²) in [6, 6.07) is 7.51. The van der Waals surface area contributed by atoms with Crippen molar-refractivity contribution in [1.29, 1.82) is 0 Å². The van der Waals surface area contributed by atoms with Crippen LogP contribution in [0.1, 0.15) is 52.0 Å². The Balaban J connectivity index is 1.76. The minimum atomic E-state index is 0.215. The fourth-order valence-corrected chi connectivity index (χ4v) is 3.24. The van der Waals surface area contributed by atoms with E-state index >= 15 is 0 Å². The van der Waals surface area contributed by atoms with Gasteiger partial charge in [0.25, 0.3) is 0 Å². The molecule has 1 saturated carbocycles. The van der Waals surface area contributed by atoms with Crippen LogP contribution in [0.3, 0.4) is 0 Å². The van der Waals surface area contributed by atoms with Gasteiger partial charge in [-0.3, -0.25) is 0 Å². The quantitative estimate of drug-likeness (QED) is 0.861. The van der Waals surface area contributed by atoms with E-state index in [4.69, 9.17) is 4.74 Å². The van der Waals surface area contributed by atoms with Crippen molar-refractivity contribution in [3.8, 4) is 5.75 Å². The van der Waals surface area contributed by atoms with Gasteiger partial charge in [-0.05, 0) is 63.1 Å². The van der Waals surface area contributed by atoms with Crippen LogP contribution in [-0.4, -0.2) is 25.2 Å². The molecular formula is C19H30N2O. The molecule has 2 fully saturated rings. The lowest BCUT2D eigenvalue weighted by Gasteiger charge is -2.34. The summed E-state index contributed by atoms with van der Waals surface area (Å²) in [6.07, 6.45) is 5.51. The van der Waals surface area contributed by atoms with E-state index in [1.165, 1.54) is 36.9 Å². The fraction of sp³-hybridized carbons (Fsp3) is 0.684. The number of hydrogen-bond donors (Lipinski definition) is 1. The van der Waals surface area contributed by atoms with Crippen molar-refractivity contribution in [2.24, 2.45) is 5.92 Å². The SMILES string of the molecule is CC1CCCN(c2ccc(CNC3CC3)cc2OC(C)C)C1. The lowest BCUT2D eigenvalue weighted by atomic mass is 9.99. The summed E-state index contributed by atoms with van der Waals surface area (Å²) in [5, 5.41) is 3.59. The molecule has 1 aromatic carbocycles. The Kier molecular flexibility index (Phi) is 4.92. The summed E-state index contributed by atoms with van der Waals surface area (Å²) in [7, 11) is 0. The van der Waals surface area contributed by atoms with Gasteiger partial charge in [0, 0.05) is 25.7 Å². The van der Waals surface area contributed by atoms with Gasteiger partial charge in [0.2, 0.25) is 0 Å². The van der Waals surface area contributed by atoms with E-state index in [-0.39, 0.29) is 6.10 Å². The molecule has 0 aromatic heterocycles. The maximum atomic E-state index is 6.13. The van der Waals surface area contributed by atoms with Crippen LogP contribution in [0.15, 0.2) is 18.2 Å². The second kappa shape index (κ2) is 6.91. The normalized spacial score (nSPS) is 22.2. The average molecular weight is 302 g/mol. The summed E-state index contributed by atoms with van der Waals surface area (Å²) >= 11 is 0. The zero-order chi connectivity index (χ0) is 15.5. The largest absolute Gasteiger partial charge is 0.489 e. The first-order chi connectivity index (χ1) is 10.6. The Bertz CT molecular complexity index is 496. The van der Waals surface area contributed by atoms with Gasteiger partial charge in [-0.25, -0.2) is 0 Å². The van der Waals surface area contributed by atoms with Gasteiger partial charge in [0.1, 0.15) is 5.75 Å². The van der Waals surface area contributed by atoms with Crippen molar-refractivity contribution in [2.75, 3.05) is 18.0 Å². The molecule has 1 unspecified atom stereocenters. The van der Waals surface area contributed by atoms with Crippen molar-refractivity contribution in [3.63, 3.8) is 0 Å². The predicted molar refractivity (Wildman–Crippen MR) is 92.7 cm³/mol. The minimum Gasteiger partial charge on any atom is -0.489 e. The van der Waals surface area contributed by atoms with Crippen LogP contribution < -0.4 is 15.0 Å². The third-order valence-electron chi connectivity index (χ3n) is 4.56. The third-order valence-corrected chi connectivity index (χ3v) is 4.56. The number of hydrogen-bond acceptors (Lipinski definition) is 3. The molecule has 122 valence electrons. The molecule has 1 saturated heterocycles. The highest BCUT2D eigenvalue weighted by atomic mass is 16.5. The zero-order valence-corrected chi connectivity index (χ0v) is 14.3. The smallest absolute Gasteiger partial charge is 0.143 e. The van der Waals surface area contributed by atoms with Crippen LogP contribution in [0, 0.1) is 5.92 Å². The molecule has 3 heteroatoms. The summed E-state index contributed by atoms with van der Waals surface area (Å²) < 4.78 is 6.13. The van der Waals surface area contributed by atoms with Gasteiger partial charge in [-0.15, -0.1) is 0 Å². The van der Waals surface area contributed by atoms with Crippen molar-refractivity contribution in [2.45, 2.75) is 65.1 Å². The number of benzene rings is 1. The molecule has 1 atom stereocenters. The molecule has 2 aliphatic rings. The summed E-state index contributed by atoms with van der Waals surface area (Å²) in [6.45, 7) is 9.82. The van der Waals surface area contributed by atoms with Crippen molar-refractivity contribution < 1.29 is 4.74 Å². The van der Waals surface area contributed by atoms with Crippen LogP contribution in [0.5, 0.6) is 5.75 Å². The molecule has 0 spiro atoms. The van der Waals surface area contributed by atoms with Crippen molar-refractivity contribution >= 4 is 5.69 Å². The Labute approximate surface area is 135 Å². The van der Waals surface area contributed by atoms with Gasteiger partial charge in [0.05, 0.1) is 11.8 Å². The lowest BCUT2D eigenvalue weighted by Crippen LogP contribution is -2.34. The van der Waals surface area contributed by atoms with E-state index in [2.05, 4.69) is 49.2 Å². The number of piperidine rings is 1. The number of rotatable bonds is 6. The highest BCUT2D eigenvalue weighted by Crippen LogP contribution is 2.33. The summed E-state index contributed by atoms with van der Waals surface area (Å²) in [5.74, 6) is 1.83. The maximum absolute atomic E-state index is 6.13. The topological polar surface area (TPSA) is 24.5 Å². The minimum absolute atomic E-state index is 0.215. The highest BCUT2D eigenvalue weighted by Gasteiger charge is 2.22. The standard InChI is InChI=1S/C19H30N2O/c1-14(2)22-19-11-16(12-20-17-7-8-17)6-9-18(19)21-10-4-5-15(3)13-21/h6,9,11,14-15,17,20H,4-5,7-8,10,12-13H2,1-3H3. The van der Waals surface area contributed by atoms with Gasteiger partial charge in [0.15, 0.2) is 0 Å². The molecule has 1 aliphatic heterocycles. The second-order valence-electron chi connectivity index (χ2n) is 7.32. The highest BCUT2D eigenvalue weighted by molar-refractivity contribution is 5.60. The Morgan fingerprint density at radius 1 is 1.27 bits per heavy atom. The van der Waals surface area contributed by atoms with E-state index in [0.29, 0.717) is 0 Å². The van der Waals surface area contributed by atoms with E-state index in [1.54, 1.807) is 0 Å². The number of nitrogens with zero attached hydrogens (tertiary/aromatic N) is 1. The second-order valence-corrected chi connectivity index (χ2v) is 7.32. The molecular weight excluding hydrogens is 272 g/mol. The molecule has 0 radical (unpaired) electrons. The average Bonchev–Trinajstić information content (AvgIpc) is 3.29. The van der Waals surface area contributed by atoms with E-state index in [1.807, 2.05) is 0 Å². The molecule has 1 aliphatic carbocycles. The molecule has 1 aromatic rings. The third kappa shape index (κ3) is 4.16. The van der Waals surface area contributed by atoms with E-state index in [9.17, 15) is 0 Å². The lowest BCUT2D eigenvalue weighted by molar-refractivity contribution is 0.242. The van der Waals surface area contributed by atoms with Crippen molar-refractivity contribution in [3.05, 3.63) is 23.8 Å². The van der Waals surface area contributed by atoms with Crippen LogP contribution in [0.25, 0.3) is 0 Å². The van der Waals surface area contributed by atoms with Crippen LogP contribution in [0.2, 0.25) is 0 Å². The van der Waals surface area contributed by atoms with Gasteiger partial charge in [-0.1, -0.05) is 13.0 Å². The van der Waals surface area contributed by atoms with Gasteiger partial charge < -0.3 is 15.0 Å².